The molecule has 1 aromatic carbocycles. The standard InChI is InChI=1S/C17H24N2OS/c1-21-15-8-3-2-7-14(15)17(20)19-16-11-5-4-6-12(16)10-13(18)9-11/h2-3,7-8,11-13,16H,4-6,9-10,18H2,1H3,(H,19,20). The second kappa shape index (κ2) is 6.41. The van der Waals surface area contributed by atoms with Crippen molar-refractivity contribution in [3.8, 4) is 0 Å². The smallest absolute Gasteiger partial charge is 0.252 e. The maximum absolute atomic E-state index is 12.6. The Morgan fingerprint density at radius 2 is 1.90 bits per heavy atom. The number of amides is 1. The number of nitrogens with two attached hydrogens (primary N) is 1. The SMILES string of the molecule is CSc1ccccc1C(=O)NC1C2CCCC1CC(N)C2. The van der Waals surface area contributed by atoms with E-state index >= 15 is 0 Å². The molecule has 1 aromatic rings. The van der Waals surface area contributed by atoms with Crippen LogP contribution in [-0.2, 0) is 0 Å². The number of carbonyl (C=O) groups is 1. The van der Waals surface area contributed by atoms with Crippen molar-refractivity contribution < 1.29 is 4.79 Å². The molecule has 2 aliphatic rings. The Hall–Kier alpha value is -1.00. The van der Waals surface area contributed by atoms with Gasteiger partial charge in [-0.3, -0.25) is 4.79 Å². The van der Waals surface area contributed by atoms with Gasteiger partial charge in [-0.05, 0) is 55.9 Å². The number of hydrogen-bond donors (Lipinski definition) is 2. The fourth-order valence-electron chi connectivity index (χ4n) is 4.09. The van der Waals surface area contributed by atoms with Crippen LogP contribution in [0.3, 0.4) is 0 Å². The fourth-order valence-corrected chi connectivity index (χ4v) is 4.68. The van der Waals surface area contributed by atoms with Crippen molar-refractivity contribution in [1.82, 2.24) is 5.32 Å². The molecule has 0 heterocycles. The molecule has 2 aliphatic carbocycles. The second-order valence-corrected chi connectivity index (χ2v) is 7.23. The van der Waals surface area contributed by atoms with E-state index in [0.29, 0.717) is 23.9 Å². The molecule has 114 valence electrons. The lowest BCUT2D eigenvalue weighted by Crippen LogP contribution is -2.53. The summed E-state index contributed by atoms with van der Waals surface area (Å²) in [5.74, 6) is 1.22. The summed E-state index contributed by atoms with van der Waals surface area (Å²) in [4.78, 5) is 13.7. The van der Waals surface area contributed by atoms with Gasteiger partial charge >= 0.3 is 0 Å². The Balaban J connectivity index is 1.75. The van der Waals surface area contributed by atoms with Crippen LogP contribution >= 0.6 is 11.8 Å². The lowest BCUT2D eigenvalue weighted by atomic mass is 9.67. The van der Waals surface area contributed by atoms with E-state index in [1.165, 1.54) is 19.3 Å². The molecule has 2 fully saturated rings. The molecule has 0 aromatic heterocycles. The Bertz CT molecular complexity index is 505. The van der Waals surface area contributed by atoms with Gasteiger partial charge < -0.3 is 11.1 Å². The quantitative estimate of drug-likeness (QED) is 0.844. The topological polar surface area (TPSA) is 55.1 Å². The minimum Gasteiger partial charge on any atom is -0.349 e. The average molecular weight is 304 g/mol. The molecule has 1 amide bonds. The molecule has 0 radical (unpaired) electrons. The predicted molar refractivity (Wildman–Crippen MR) is 87.5 cm³/mol. The summed E-state index contributed by atoms with van der Waals surface area (Å²) in [5, 5.41) is 3.32. The van der Waals surface area contributed by atoms with Gasteiger partial charge in [-0.25, -0.2) is 0 Å². The zero-order valence-corrected chi connectivity index (χ0v) is 13.4. The predicted octanol–water partition coefficient (Wildman–Crippen LogP) is 3.04. The summed E-state index contributed by atoms with van der Waals surface area (Å²) in [6.45, 7) is 0. The number of carbonyl (C=O) groups excluding carboxylic acids is 1. The highest BCUT2D eigenvalue weighted by molar-refractivity contribution is 7.98. The largest absolute Gasteiger partial charge is 0.349 e. The summed E-state index contributed by atoms with van der Waals surface area (Å²) in [6, 6.07) is 8.50. The lowest BCUT2D eigenvalue weighted by Gasteiger charge is -2.45. The Labute approximate surface area is 131 Å². The van der Waals surface area contributed by atoms with Crippen molar-refractivity contribution in [1.29, 1.82) is 0 Å². The number of hydrogen-bond acceptors (Lipinski definition) is 3. The van der Waals surface area contributed by atoms with E-state index in [2.05, 4.69) is 5.32 Å². The minimum atomic E-state index is 0.0809. The van der Waals surface area contributed by atoms with Crippen LogP contribution in [0.1, 0.15) is 42.5 Å². The third-order valence-electron chi connectivity index (χ3n) is 5.03. The highest BCUT2D eigenvalue weighted by atomic mass is 32.2. The van der Waals surface area contributed by atoms with Gasteiger partial charge in [0.2, 0.25) is 0 Å². The van der Waals surface area contributed by atoms with Gasteiger partial charge in [0.1, 0.15) is 0 Å². The first-order valence-corrected chi connectivity index (χ1v) is 9.11. The maximum atomic E-state index is 12.6. The van der Waals surface area contributed by atoms with Gasteiger partial charge in [-0.2, -0.15) is 0 Å². The minimum absolute atomic E-state index is 0.0809. The van der Waals surface area contributed by atoms with Crippen LogP contribution in [-0.4, -0.2) is 24.2 Å². The second-order valence-electron chi connectivity index (χ2n) is 6.38. The van der Waals surface area contributed by atoms with Crippen molar-refractivity contribution >= 4 is 17.7 Å². The number of thioether (sulfide) groups is 1. The van der Waals surface area contributed by atoms with Crippen LogP contribution in [0.25, 0.3) is 0 Å². The van der Waals surface area contributed by atoms with Crippen molar-refractivity contribution in [2.45, 2.75) is 49.1 Å². The van der Waals surface area contributed by atoms with Crippen LogP contribution < -0.4 is 11.1 Å². The zero-order valence-electron chi connectivity index (χ0n) is 12.5. The van der Waals surface area contributed by atoms with Gasteiger partial charge in [0.25, 0.3) is 5.91 Å². The van der Waals surface area contributed by atoms with Gasteiger partial charge in [0.05, 0.1) is 5.56 Å². The third-order valence-corrected chi connectivity index (χ3v) is 5.82. The average Bonchev–Trinajstić information content (AvgIpc) is 2.48. The lowest BCUT2D eigenvalue weighted by molar-refractivity contribution is 0.0753. The molecule has 0 spiro atoms. The highest BCUT2D eigenvalue weighted by Gasteiger charge is 2.40. The molecular weight excluding hydrogens is 280 g/mol. The number of benzene rings is 1. The van der Waals surface area contributed by atoms with Crippen molar-refractivity contribution in [3.05, 3.63) is 29.8 Å². The summed E-state index contributed by atoms with van der Waals surface area (Å²) in [7, 11) is 0. The Morgan fingerprint density at radius 3 is 2.57 bits per heavy atom. The summed E-state index contributed by atoms with van der Waals surface area (Å²) < 4.78 is 0. The molecule has 3 rings (SSSR count). The Morgan fingerprint density at radius 1 is 1.24 bits per heavy atom. The molecule has 2 bridgehead atoms. The van der Waals surface area contributed by atoms with E-state index in [4.69, 9.17) is 5.73 Å². The van der Waals surface area contributed by atoms with Crippen LogP contribution in [0.4, 0.5) is 0 Å². The highest BCUT2D eigenvalue weighted by Crippen LogP contribution is 2.39. The summed E-state index contributed by atoms with van der Waals surface area (Å²) in [5.41, 5.74) is 6.96. The molecule has 0 saturated heterocycles. The van der Waals surface area contributed by atoms with Gasteiger partial charge in [-0.1, -0.05) is 18.6 Å². The Kier molecular flexibility index (Phi) is 4.55. The first-order valence-electron chi connectivity index (χ1n) is 7.88. The molecule has 3 N–H and O–H groups in total. The van der Waals surface area contributed by atoms with Crippen LogP contribution in [0.2, 0.25) is 0 Å². The van der Waals surface area contributed by atoms with E-state index in [1.807, 2.05) is 30.5 Å². The van der Waals surface area contributed by atoms with Crippen molar-refractivity contribution in [2.24, 2.45) is 17.6 Å². The summed E-state index contributed by atoms with van der Waals surface area (Å²) in [6.07, 6.45) is 7.84. The van der Waals surface area contributed by atoms with E-state index in [-0.39, 0.29) is 5.91 Å². The van der Waals surface area contributed by atoms with Crippen LogP contribution in [0.15, 0.2) is 29.2 Å². The van der Waals surface area contributed by atoms with E-state index in [1.54, 1.807) is 11.8 Å². The molecule has 2 atom stereocenters. The number of rotatable bonds is 3. The molecule has 4 heteroatoms. The molecule has 0 aliphatic heterocycles. The molecular formula is C17H24N2OS. The van der Waals surface area contributed by atoms with Gasteiger partial charge in [-0.15, -0.1) is 11.8 Å². The van der Waals surface area contributed by atoms with E-state index < -0.39 is 0 Å². The maximum Gasteiger partial charge on any atom is 0.252 e. The first-order chi connectivity index (χ1) is 10.2. The van der Waals surface area contributed by atoms with Crippen LogP contribution in [0.5, 0.6) is 0 Å². The number of nitrogens with one attached hydrogen (secondary N) is 1. The first kappa shape index (κ1) is 14.9. The van der Waals surface area contributed by atoms with Crippen LogP contribution in [0, 0.1) is 11.8 Å². The molecule has 3 nitrogen and oxygen atoms in total. The molecule has 21 heavy (non-hydrogen) atoms. The normalized spacial score (nSPS) is 31.7. The van der Waals surface area contributed by atoms with E-state index in [0.717, 1.165) is 23.3 Å². The van der Waals surface area contributed by atoms with Crippen molar-refractivity contribution in [2.75, 3.05) is 6.26 Å². The van der Waals surface area contributed by atoms with Crippen molar-refractivity contribution in [3.63, 3.8) is 0 Å². The summed E-state index contributed by atoms with van der Waals surface area (Å²) >= 11 is 1.63. The fraction of sp³-hybridized carbons (Fsp3) is 0.588. The molecule has 2 unspecified atom stereocenters. The third kappa shape index (κ3) is 3.11. The number of fused-ring (bicyclic) bond motifs is 2. The van der Waals surface area contributed by atoms with Gasteiger partial charge in [0, 0.05) is 17.0 Å². The van der Waals surface area contributed by atoms with E-state index in [9.17, 15) is 4.79 Å². The zero-order chi connectivity index (χ0) is 14.8. The molecule has 2 saturated carbocycles. The van der Waals surface area contributed by atoms with Gasteiger partial charge in [0.15, 0.2) is 0 Å². The monoisotopic (exact) mass is 304 g/mol.